The molecule has 0 saturated heterocycles. The van der Waals surface area contributed by atoms with Crippen LogP contribution < -0.4 is 5.32 Å². The monoisotopic (exact) mass is 361 g/mol. The van der Waals surface area contributed by atoms with Crippen LogP contribution in [0.3, 0.4) is 0 Å². The molecule has 8 heteroatoms. The highest BCUT2D eigenvalue weighted by atomic mass is 32.2. The van der Waals surface area contributed by atoms with E-state index in [1.807, 2.05) is 13.0 Å². The number of nitrogens with one attached hydrogen (secondary N) is 1. The van der Waals surface area contributed by atoms with Crippen LogP contribution in [0.4, 0.5) is 5.69 Å². The Hall–Kier alpha value is -2.06. The summed E-state index contributed by atoms with van der Waals surface area (Å²) in [7, 11) is 0. The number of amidine groups is 1. The largest absolute Gasteiger partial charge is 0.506 e. The van der Waals surface area contributed by atoms with Crippen molar-refractivity contribution in [2.24, 2.45) is 15.9 Å². The van der Waals surface area contributed by atoms with E-state index in [-0.39, 0.29) is 29.2 Å². The zero-order chi connectivity index (χ0) is 17.1. The quantitative estimate of drug-likeness (QED) is 0.787. The van der Waals surface area contributed by atoms with E-state index in [1.54, 1.807) is 18.2 Å². The summed E-state index contributed by atoms with van der Waals surface area (Å²) < 4.78 is 0. The highest BCUT2D eigenvalue weighted by Gasteiger charge is 2.32. The lowest BCUT2D eigenvalue weighted by Gasteiger charge is -2.12. The van der Waals surface area contributed by atoms with E-state index in [4.69, 9.17) is 0 Å². The van der Waals surface area contributed by atoms with Crippen LogP contribution in [0.5, 0.6) is 5.75 Å². The molecule has 2 N–H and O–H groups in total. The lowest BCUT2D eigenvalue weighted by Crippen LogP contribution is -2.24. The Morgan fingerprint density at radius 1 is 1.38 bits per heavy atom. The molecule has 0 fully saturated rings. The molecule has 2 aliphatic heterocycles. The predicted molar refractivity (Wildman–Crippen MR) is 98.8 cm³/mol. The zero-order valence-electron chi connectivity index (χ0n) is 12.9. The fourth-order valence-corrected chi connectivity index (χ4v) is 3.90. The van der Waals surface area contributed by atoms with Crippen LogP contribution in [0.1, 0.15) is 6.92 Å². The second-order valence-corrected chi connectivity index (χ2v) is 7.48. The molecular formula is C16H15N3O3S2. The van der Waals surface area contributed by atoms with Crippen LogP contribution in [0.15, 0.2) is 45.2 Å². The third kappa shape index (κ3) is 3.88. The van der Waals surface area contributed by atoms with Crippen LogP contribution in [0, 0.1) is 5.92 Å². The number of carbonyl (C=O) groups excluding carboxylic acids is 2. The van der Waals surface area contributed by atoms with Gasteiger partial charge in [-0.1, -0.05) is 30.0 Å². The maximum absolute atomic E-state index is 12.0. The number of fused-ring (bicyclic) bond motifs is 1. The van der Waals surface area contributed by atoms with Gasteiger partial charge in [-0.3, -0.25) is 9.59 Å². The van der Waals surface area contributed by atoms with Crippen molar-refractivity contribution >= 4 is 51.9 Å². The lowest BCUT2D eigenvalue weighted by atomic mass is 10.1. The van der Waals surface area contributed by atoms with Gasteiger partial charge >= 0.3 is 0 Å². The molecule has 0 radical (unpaired) electrons. The van der Waals surface area contributed by atoms with Crippen LogP contribution in [-0.4, -0.2) is 39.3 Å². The minimum atomic E-state index is -0.326. The summed E-state index contributed by atoms with van der Waals surface area (Å²) in [6, 6.07) is 6.54. The molecule has 2 amide bonds. The number of para-hydroxylation sites is 2. The Labute approximate surface area is 147 Å². The van der Waals surface area contributed by atoms with Crippen LogP contribution in [-0.2, 0) is 9.59 Å². The zero-order valence-corrected chi connectivity index (χ0v) is 14.5. The molecule has 3 rings (SSSR count). The van der Waals surface area contributed by atoms with E-state index >= 15 is 0 Å². The van der Waals surface area contributed by atoms with E-state index in [1.165, 1.54) is 29.6 Å². The van der Waals surface area contributed by atoms with Crippen molar-refractivity contribution in [3.05, 3.63) is 35.2 Å². The molecule has 1 atom stereocenters. The minimum Gasteiger partial charge on any atom is -0.506 e. The molecule has 1 aromatic carbocycles. The summed E-state index contributed by atoms with van der Waals surface area (Å²) in [6.45, 7) is 1.94. The van der Waals surface area contributed by atoms with Gasteiger partial charge in [-0.15, -0.1) is 11.8 Å². The van der Waals surface area contributed by atoms with Crippen molar-refractivity contribution < 1.29 is 14.7 Å². The molecule has 0 saturated carbocycles. The fourth-order valence-electron chi connectivity index (χ4n) is 2.25. The number of thioether (sulfide) groups is 2. The molecule has 6 nitrogen and oxygen atoms in total. The number of hydrogen-bond acceptors (Lipinski definition) is 6. The van der Waals surface area contributed by atoms with Gasteiger partial charge < -0.3 is 10.4 Å². The Morgan fingerprint density at radius 3 is 2.96 bits per heavy atom. The Morgan fingerprint density at radius 2 is 2.17 bits per heavy atom. The van der Waals surface area contributed by atoms with Crippen molar-refractivity contribution in [2.45, 2.75) is 6.92 Å². The lowest BCUT2D eigenvalue weighted by molar-refractivity contribution is -0.118. The van der Waals surface area contributed by atoms with Crippen LogP contribution in [0.2, 0.25) is 0 Å². The van der Waals surface area contributed by atoms with Crippen molar-refractivity contribution in [3.63, 3.8) is 0 Å². The Bertz CT molecular complexity index is 787. The summed E-state index contributed by atoms with van der Waals surface area (Å²) >= 11 is 2.81. The number of benzene rings is 1. The number of phenols is 1. The first-order valence-electron chi connectivity index (χ1n) is 7.25. The number of carbonyl (C=O) groups is 2. The van der Waals surface area contributed by atoms with Gasteiger partial charge in [-0.25, -0.2) is 4.99 Å². The summed E-state index contributed by atoms with van der Waals surface area (Å²) in [4.78, 5) is 33.3. The number of aliphatic imine (C=N–C) groups is 2. The maximum Gasteiger partial charge on any atom is 0.261 e. The van der Waals surface area contributed by atoms with Crippen molar-refractivity contribution in [1.82, 2.24) is 0 Å². The number of allylic oxidation sites excluding steroid dienone is 1. The van der Waals surface area contributed by atoms with Gasteiger partial charge in [-0.2, -0.15) is 4.99 Å². The minimum absolute atomic E-state index is 0.0247. The normalized spacial score (nSPS) is 19.3. The molecule has 24 heavy (non-hydrogen) atoms. The highest BCUT2D eigenvalue weighted by molar-refractivity contribution is 8.17. The molecule has 1 aromatic rings. The van der Waals surface area contributed by atoms with E-state index in [0.717, 1.165) is 9.95 Å². The molecule has 0 spiro atoms. The van der Waals surface area contributed by atoms with Gasteiger partial charge in [-0.05, 0) is 24.0 Å². The standard InChI is InChI=1S/C16H15N3O3S2/c1-9-6-10-15(22)18-13(19-16(10)24-9)7-23-8-14(21)17-11-4-2-3-5-12(11)20/h2-6,10,20H,7-8H2,1H3,(H,17,21). The molecule has 2 heterocycles. The Balaban J connectivity index is 1.50. The SMILES string of the molecule is CC1=CC2C(=O)N=C(CSCC(=O)Nc3ccccc3O)N=C2S1. The van der Waals surface area contributed by atoms with Crippen molar-refractivity contribution in [2.75, 3.05) is 16.8 Å². The van der Waals surface area contributed by atoms with Crippen molar-refractivity contribution in [1.29, 1.82) is 0 Å². The summed E-state index contributed by atoms with van der Waals surface area (Å²) in [5, 5.41) is 13.0. The third-order valence-electron chi connectivity index (χ3n) is 3.32. The molecule has 0 aliphatic carbocycles. The second-order valence-electron chi connectivity index (χ2n) is 5.23. The molecule has 124 valence electrons. The molecule has 0 aromatic heterocycles. The van der Waals surface area contributed by atoms with Crippen LogP contribution >= 0.6 is 23.5 Å². The molecular weight excluding hydrogens is 346 g/mol. The number of rotatable bonds is 5. The van der Waals surface area contributed by atoms with Gasteiger partial charge in [0.15, 0.2) is 0 Å². The number of nitrogens with zero attached hydrogens (tertiary/aromatic N) is 2. The first kappa shape index (κ1) is 16.8. The predicted octanol–water partition coefficient (Wildman–Crippen LogP) is 2.67. The van der Waals surface area contributed by atoms with Gasteiger partial charge in [0.1, 0.15) is 17.5 Å². The highest BCUT2D eigenvalue weighted by Crippen LogP contribution is 2.34. The molecule has 0 bridgehead atoms. The fraction of sp³-hybridized carbons (Fsp3) is 0.250. The van der Waals surface area contributed by atoms with E-state index < -0.39 is 0 Å². The first-order valence-corrected chi connectivity index (χ1v) is 9.22. The maximum atomic E-state index is 12.0. The summed E-state index contributed by atoms with van der Waals surface area (Å²) in [6.07, 6.45) is 1.87. The summed E-state index contributed by atoms with van der Waals surface area (Å²) in [5.74, 6) is 0.281. The van der Waals surface area contributed by atoms with Gasteiger partial charge in [0.25, 0.3) is 5.91 Å². The van der Waals surface area contributed by atoms with E-state index in [2.05, 4.69) is 15.3 Å². The number of phenolic OH excluding ortho intramolecular Hbond substituents is 1. The second kappa shape index (κ2) is 7.23. The van der Waals surface area contributed by atoms with Gasteiger partial charge in [0, 0.05) is 0 Å². The average Bonchev–Trinajstić information content (AvgIpc) is 2.91. The number of anilines is 1. The smallest absolute Gasteiger partial charge is 0.261 e. The number of amides is 2. The van der Waals surface area contributed by atoms with Gasteiger partial charge in [0.05, 0.1) is 22.2 Å². The molecule has 2 aliphatic rings. The first-order chi connectivity index (χ1) is 11.5. The average molecular weight is 361 g/mol. The number of aromatic hydroxyl groups is 1. The van der Waals surface area contributed by atoms with E-state index in [0.29, 0.717) is 17.3 Å². The van der Waals surface area contributed by atoms with Gasteiger partial charge in [0.2, 0.25) is 5.91 Å². The molecule has 1 unspecified atom stereocenters. The van der Waals surface area contributed by atoms with E-state index in [9.17, 15) is 14.7 Å². The van der Waals surface area contributed by atoms with Crippen LogP contribution in [0.25, 0.3) is 0 Å². The number of hydrogen-bond donors (Lipinski definition) is 2. The topological polar surface area (TPSA) is 91.1 Å². The third-order valence-corrected chi connectivity index (χ3v) is 5.26. The van der Waals surface area contributed by atoms with Crippen molar-refractivity contribution in [3.8, 4) is 5.75 Å². The Kier molecular flexibility index (Phi) is 5.06. The summed E-state index contributed by atoms with van der Waals surface area (Å²) in [5.41, 5.74) is 0.375.